The number of fused-ring (bicyclic) bond motifs is 1. The molecule has 0 aliphatic rings. The zero-order valence-electron chi connectivity index (χ0n) is 18.3. The summed E-state index contributed by atoms with van der Waals surface area (Å²) < 4.78 is 0. The second-order valence-electron chi connectivity index (χ2n) is 8.00. The lowest BCUT2D eigenvalue weighted by Crippen LogP contribution is -2.00. The summed E-state index contributed by atoms with van der Waals surface area (Å²) in [6, 6.07) is 38.6. The third-order valence-electron chi connectivity index (χ3n) is 5.76. The van der Waals surface area contributed by atoms with E-state index in [0.29, 0.717) is 17.5 Å². The van der Waals surface area contributed by atoms with Gasteiger partial charge in [0, 0.05) is 28.5 Å². The number of hydrogen-bond acceptors (Lipinski definition) is 4. The van der Waals surface area contributed by atoms with Crippen molar-refractivity contribution in [1.82, 2.24) is 19.9 Å². The Morgan fingerprint density at radius 3 is 1.68 bits per heavy atom. The summed E-state index contributed by atoms with van der Waals surface area (Å²) in [6.45, 7) is 0. The highest BCUT2D eigenvalue weighted by molar-refractivity contribution is 5.98. The normalized spacial score (nSPS) is 10.9. The Labute approximate surface area is 197 Å². The molecule has 0 radical (unpaired) electrons. The highest BCUT2D eigenvalue weighted by Gasteiger charge is 2.15. The van der Waals surface area contributed by atoms with Gasteiger partial charge in [0.05, 0.1) is 5.69 Å². The van der Waals surface area contributed by atoms with E-state index < -0.39 is 0 Å². The average molecular weight is 437 g/mol. The van der Waals surface area contributed by atoms with E-state index in [1.807, 2.05) is 97.2 Å². The zero-order valence-corrected chi connectivity index (χ0v) is 18.3. The maximum atomic E-state index is 4.94. The summed E-state index contributed by atoms with van der Waals surface area (Å²) in [5.74, 6) is 1.94. The van der Waals surface area contributed by atoms with Gasteiger partial charge in [0.2, 0.25) is 0 Å². The van der Waals surface area contributed by atoms with Crippen LogP contribution in [0.15, 0.2) is 121 Å². The Morgan fingerprint density at radius 1 is 0.441 bits per heavy atom. The van der Waals surface area contributed by atoms with Crippen LogP contribution >= 0.6 is 0 Å². The van der Waals surface area contributed by atoms with Crippen LogP contribution in [0.2, 0.25) is 0 Å². The van der Waals surface area contributed by atoms with Gasteiger partial charge >= 0.3 is 0 Å². The lowest BCUT2D eigenvalue weighted by molar-refractivity contribution is 1.08. The molecule has 2 heterocycles. The molecule has 4 aromatic carbocycles. The Bertz CT molecular complexity index is 1520. The van der Waals surface area contributed by atoms with Crippen LogP contribution < -0.4 is 0 Å². The predicted octanol–water partition coefficient (Wildman–Crippen LogP) is 7.09. The summed E-state index contributed by atoms with van der Waals surface area (Å²) in [5, 5.41) is 2.20. The molecule has 4 nitrogen and oxygen atoms in total. The number of hydrogen-bond donors (Lipinski definition) is 0. The van der Waals surface area contributed by atoms with Crippen molar-refractivity contribution in [2.45, 2.75) is 0 Å². The molecule has 4 heteroatoms. The maximum Gasteiger partial charge on any atom is 0.164 e. The minimum Gasteiger partial charge on any atom is -0.256 e. The van der Waals surface area contributed by atoms with Crippen molar-refractivity contribution < 1.29 is 0 Å². The highest BCUT2D eigenvalue weighted by Crippen LogP contribution is 2.33. The highest BCUT2D eigenvalue weighted by atomic mass is 15.0. The van der Waals surface area contributed by atoms with E-state index in [1.165, 1.54) is 0 Å². The molecule has 0 spiro atoms. The van der Waals surface area contributed by atoms with E-state index in [-0.39, 0.29) is 0 Å². The van der Waals surface area contributed by atoms with Gasteiger partial charge in [0.15, 0.2) is 17.5 Å². The molecule has 0 aliphatic carbocycles. The molecule has 0 saturated heterocycles. The zero-order chi connectivity index (χ0) is 22.7. The van der Waals surface area contributed by atoms with Crippen LogP contribution in [0.25, 0.3) is 56.2 Å². The van der Waals surface area contributed by atoms with Crippen LogP contribution in [-0.2, 0) is 0 Å². The molecular formula is C30H20N4. The third-order valence-corrected chi connectivity index (χ3v) is 5.76. The topological polar surface area (TPSA) is 51.6 Å². The molecule has 0 atom stereocenters. The molecule has 0 saturated carbocycles. The van der Waals surface area contributed by atoms with Crippen LogP contribution in [0.3, 0.4) is 0 Å². The fourth-order valence-corrected chi connectivity index (χ4v) is 4.11. The number of rotatable bonds is 4. The van der Waals surface area contributed by atoms with Crippen molar-refractivity contribution in [3.8, 4) is 45.4 Å². The van der Waals surface area contributed by atoms with Crippen molar-refractivity contribution in [2.75, 3.05) is 0 Å². The molecule has 2 aromatic heterocycles. The van der Waals surface area contributed by atoms with Crippen LogP contribution in [0, 0.1) is 0 Å². The minimum absolute atomic E-state index is 0.640. The number of nitrogens with zero attached hydrogens (tertiary/aromatic N) is 4. The largest absolute Gasteiger partial charge is 0.256 e. The van der Waals surface area contributed by atoms with Gasteiger partial charge in [-0.25, -0.2) is 15.0 Å². The summed E-state index contributed by atoms with van der Waals surface area (Å²) in [6.07, 6.45) is 1.81. The average Bonchev–Trinajstić information content (AvgIpc) is 2.93. The van der Waals surface area contributed by atoms with Gasteiger partial charge in [-0.05, 0) is 35.0 Å². The first-order valence-corrected chi connectivity index (χ1v) is 11.2. The minimum atomic E-state index is 0.640. The van der Waals surface area contributed by atoms with Gasteiger partial charge in [0.25, 0.3) is 0 Å². The molecule has 0 amide bonds. The van der Waals surface area contributed by atoms with Crippen molar-refractivity contribution >= 4 is 10.8 Å². The second-order valence-corrected chi connectivity index (χ2v) is 8.00. The first kappa shape index (κ1) is 19.9. The molecule has 0 aliphatic heterocycles. The predicted molar refractivity (Wildman–Crippen MR) is 137 cm³/mol. The van der Waals surface area contributed by atoms with E-state index in [4.69, 9.17) is 15.0 Å². The van der Waals surface area contributed by atoms with Crippen molar-refractivity contribution in [2.24, 2.45) is 0 Å². The molecule has 6 aromatic rings. The quantitative estimate of drug-likeness (QED) is 0.296. The van der Waals surface area contributed by atoms with Gasteiger partial charge in [-0.15, -0.1) is 0 Å². The second kappa shape index (κ2) is 8.68. The van der Waals surface area contributed by atoms with E-state index in [1.54, 1.807) is 0 Å². The van der Waals surface area contributed by atoms with Gasteiger partial charge in [-0.3, -0.25) is 4.98 Å². The van der Waals surface area contributed by atoms with E-state index in [0.717, 1.165) is 38.7 Å². The van der Waals surface area contributed by atoms with Crippen LogP contribution in [0.1, 0.15) is 0 Å². The third kappa shape index (κ3) is 3.82. The molecule has 0 bridgehead atoms. The molecular weight excluding hydrogens is 416 g/mol. The van der Waals surface area contributed by atoms with Gasteiger partial charge in [-0.1, -0.05) is 91.0 Å². The van der Waals surface area contributed by atoms with Crippen molar-refractivity contribution in [3.63, 3.8) is 0 Å². The maximum absolute atomic E-state index is 4.94. The van der Waals surface area contributed by atoms with Gasteiger partial charge in [-0.2, -0.15) is 0 Å². The number of pyridine rings is 1. The molecule has 160 valence electrons. The lowest BCUT2D eigenvalue weighted by atomic mass is 9.98. The van der Waals surface area contributed by atoms with Gasteiger partial charge in [0.1, 0.15) is 0 Å². The Balaban J connectivity index is 1.63. The number of aromatic nitrogens is 4. The van der Waals surface area contributed by atoms with Crippen molar-refractivity contribution in [1.29, 1.82) is 0 Å². The monoisotopic (exact) mass is 436 g/mol. The summed E-state index contributed by atoms with van der Waals surface area (Å²) >= 11 is 0. The molecule has 34 heavy (non-hydrogen) atoms. The number of benzene rings is 4. The fourth-order valence-electron chi connectivity index (χ4n) is 4.11. The van der Waals surface area contributed by atoms with Crippen LogP contribution in [-0.4, -0.2) is 19.9 Å². The smallest absolute Gasteiger partial charge is 0.164 e. The lowest BCUT2D eigenvalue weighted by Gasteiger charge is -2.12. The van der Waals surface area contributed by atoms with E-state index in [9.17, 15) is 0 Å². The van der Waals surface area contributed by atoms with Crippen molar-refractivity contribution in [3.05, 3.63) is 121 Å². The summed E-state index contributed by atoms with van der Waals surface area (Å²) in [7, 11) is 0. The molecule has 6 rings (SSSR count). The molecule has 0 unspecified atom stereocenters. The van der Waals surface area contributed by atoms with Crippen LogP contribution in [0.5, 0.6) is 0 Å². The molecule has 0 N–H and O–H groups in total. The molecule has 0 fully saturated rings. The fraction of sp³-hybridized carbons (Fsp3) is 0. The standard InChI is InChI=1S/C30H20N4/c1-3-11-21(12-4-1)28-32-29(22-13-5-2-6-14-22)34-30(33-28)26-20-24(27-17-9-10-18-31-27)19-23-15-7-8-16-25(23)26/h1-20H. The SMILES string of the molecule is c1ccc(-c2nc(-c3ccccc3)nc(-c3cc(-c4ccccn4)cc4ccccc34)n2)cc1. The van der Waals surface area contributed by atoms with Gasteiger partial charge < -0.3 is 0 Å². The summed E-state index contributed by atoms with van der Waals surface area (Å²) in [4.78, 5) is 19.3. The Kier molecular flexibility index (Phi) is 5.09. The Hall–Kier alpha value is -4.70. The van der Waals surface area contributed by atoms with E-state index in [2.05, 4.69) is 29.2 Å². The first-order chi connectivity index (χ1) is 16.8. The first-order valence-electron chi connectivity index (χ1n) is 11.2. The Morgan fingerprint density at radius 2 is 1.03 bits per heavy atom. The van der Waals surface area contributed by atoms with Crippen LogP contribution in [0.4, 0.5) is 0 Å². The van der Waals surface area contributed by atoms with E-state index >= 15 is 0 Å². The summed E-state index contributed by atoms with van der Waals surface area (Å²) in [5.41, 5.74) is 4.80.